The molecule has 24 heavy (non-hydrogen) atoms. The van der Waals surface area contributed by atoms with E-state index in [9.17, 15) is 24.3 Å². The molecule has 1 aliphatic heterocycles. The van der Waals surface area contributed by atoms with Crippen LogP contribution in [-0.2, 0) is 42.9 Å². The fourth-order valence-electron chi connectivity index (χ4n) is 2.06. The van der Waals surface area contributed by atoms with E-state index in [1.807, 2.05) is 0 Å². The highest BCUT2D eigenvalue weighted by Crippen LogP contribution is 2.28. The Morgan fingerprint density at radius 3 is 1.92 bits per heavy atom. The van der Waals surface area contributed by atoms with Gasteiger partial charge in [-0.15, -0.1) is 0 Å². The van der Waals surface area contributed by atoms with Crippen LogP contribution in [0.4, 0.5) is 0 Å². The minimum Gasteiger partial charge on any atom is -0.463 e. The van der Waals surface area contributed by atoms with Crippen LogP contribution in [0.3, 0.4) is 0 Å². The fraction of sp³-hybridized carbons (Fsp3) is 0.714. The molecule has 0 amide bonds. The molecule has 1 fully saturated rings. The summed E-state index contributed by atoms with van der Waals surface area (Å²) in [7, 11) is 0. The van der Waals surface area contributed by atoms with E-state index in [1.54, 1.807) is 0 Å². The van der Waals surface area contributed by atoms with Crippen LogP contribution in [0.25, 0.3) is 0 Å². The van der Waals surface area contributed by atoms with E-state index in [0.29, 0.717) is 0 Å². The van der Waals surface area contributed by atoms with Gasteiger partial charge in [-0.2, -0.15) is 0 Å². The highest BCUT2D eigenvalue weighted by molar-refractivity contribution is 5.68. The molecule has 1 rings (SSSR count). The number of esters is 4. The topological polar surface area (TPSA) is 135 Å². The number of aliphatic hydroxyl groups excluding tert-OH is 1. The fourth-order valence-corrected chi connectivity index (χ4v) is 2.06. The second kappa shape index (κ2) is 8.60. The molecule has 0 radical (unpaired) electrons. The standard InChI is InChI=1S/C14H20O10/c1-6(15)20-5-10-11(21-7(2)16)12(22-8(3)17)13(14(19)24-10)23-9(4)18/h10-14,19H,5H2,1-4H3/t10-,11+,12+,13-,14?/m1/s1/i1D,2D,3D,4D. The van der Waals surface area contributed by atoms with E-state index in [0.717, 1.165) is 0 Å². The number of carbonyl (C=O) groups is 4. The molecule has 1 N–H and O–H groups in total. The van der Waals surface area contributed by atoms with Crippen molar-refractivity contribution in [2.45, 2.75) is 58.3 Å². The normalized spacial score (nSPS) is 31.5. The van der Waals surface area contributed by atoms with Crippen molar-refractivity contribution in [1.82, 2.24) is 0 Å². The summed E-state index contributed by atoms with van der Waals surface area (Å²) < 4.78 is 52.6. The molecular formula is C14H20O10. The highest BCUT2D eigenvalue weighted by atomic mass is 16.7. The van der Waals surface area contributed by atoms with E-state index in [1.165, 1.54) is 0 Å². The predicted octanol–water partition coefficient (Wildman–Crippen LogP) is -0.938. The van der Waals surface area contributed by atoms with Crippen LogP contribution in [0.5, 0.6) is 0 Å². The van der Waals surface area contributed by atoms with E-state index in [4.69, 9.17) is 29.2 Å². The largest absolute Gasteiger partial charge is 0.463 e. The van der Waals surface area contributed by atoms with Gasteiger partial charge in [-0.3, -0.25) is 19.2 Å². The Hall–Kier alpha value is -2.20. The van der Waals surface area contributed by atoms with Crippen molar-refractivity contribution in [1.29, 1.82) is 0 Å². The van der Waals surface area contributed by atoms with Crippen LogP contribution in [0, 0.1) is 0 Å². The Kier molecular flexibility index (Phi) is 5.07. The van der Waals surface area contributed by atoms with Gasteiger partial charge in [0.25, 0.3) is 0 Å². The predicted molar refractivity (Wildman–Crippen MR) is 74.2 cm³/mol. The summed E-state index contributed by atoms with van der Waals surface area (Å²) in [6.07, 6.45) is -8.24. The molecule has 0 aromatic carbocycles. The molecule has 0 aliphatic carbocycles. The highest BCUT2D eigenvalue weighted by Gasteiger charge is 2.51. The molecule has 1 saturated heterocycles. The van der Waals surface area contributed by atoms with Crippen LogP contribution in [0.15, 0.2) is 0 Å². The van der Waals surface area contributed by atoms with Crippen LogP contribution in [-0.4, -0.2) is 66.3 Å². The summed E-state index contributed by atoms with van der Waals surface area (Å²) in [6.45, 7) is -3.82. The van der Waals surface area contributed by atoms with Gasteiger partial charge in [0, 0.05) is 33.1 Å². The molecule has 10 nitrogen and oxygen atoms in total. The Morgan fingerprint density at radius 2 is 1.38 bits per heavy atom. The summed E-state index contributed by atoms with van der Waals surface area (Å²) >= 11 is 0. The zero-order valence-electron chi connectivity index (χ0n) is 16.5. The maximum atomic E-state index is 11.6. The smallest absolute Gasteiger partial charge is 0.303 e. The zero-order chi connectivity index (χ0) is 21.3. The van der Waals surface area contributed by atoms with Gasteiger partial charge in [-0.1, -0.05) is 0 Å². The van der Waals surface area contributed by atoms with Gasteiger partial charge < -0.3 is 28.8 Å². The third-order valence-corrected chi connectivity index (χ3v) is 2.82. The Morgan fingerprint density at radius 1 is 0.875 bits per heavy atom. The average molecular weight is 352 g/mol. The van der Waals surface area contributed by atoms with Crippen molar-refractivity contribution in [2.75, 3.05) is 6.61 Å². The zero-order valence-corrected chi connectivity index (χ0v) is 12.5. The Bertz CT molecular complexity index is 574. The molecule has 0 aromatic heterocycles. The lowest BCUT2D eigenvalue weighted by molar-refractivity contribution is -0.296. The quantitative estimate of drug-likeness (QED) is 0.488. The molecule has 1 unspecified atom stereocenters. The summed E-state index contributed by atoms with van der Waals surface area (Å²) in [5.74, 6) is -4.26. The number of carbonyl (C=O) groups excluding carboxylic acids is 4. The van der Waals surface area contributed by atoms with Gasteiger partial charge in [0.1, 0.15) is 12.7 Å². The second-order valence-electron chi connectivity index (χ2n) is 4.61. The monoisotopic (exact) mass is 352 g/mol. The molecule has 1 aliphatic rings. The van der Waals surface area contributed by atoms with Gasteiger partial charge in [0.15, 0.2) is 24.6 Å². The maximum Gasteiger partial charge on any atom is 0.303 e. The first-order valence-electron chi connectivity index (χ1n) is 9.34. The third kappa shape index (κ3) is 5.78. The number of rotatable bonds is 5. The first-order valence-corrected chi connectivity index (χ1v) is 6.51. The molecule has 136 valence electrons. The van der Waals surface area contributed by atoms with Crippen molar-refractivity contribution >= 4 is 23.9 Å². The van der Waals surface area contributed by atoms with Crippen LogP contribution < -0.4 is 0 Å². The van der Waals surface area contributed by atoms with Crippen molar-refractivity contribution in [3.8, 4) is 0 Å². The first-order chi connectivity index (χ1) is 13.3. The van der Waals surface area contributed by atoms with E-state index >= 15 is 0 Å². The molecule has 0 aromatic rings. The number of ether oxygens (including phenoxy) is 5. The lowest BCUT2D eigenvalue weighted by atomic mass is 9.98. The Balaban J connectivity index is 3.17. The number of hydrogen-bond acceptors (Lipinski definition) is 10. The second-order valence-corrected chi connectivity index (χ2v) is 4.61. The molecule has 0 spiro atoms. The van der Waals surface area contributed by atoms with Crippen molar-refractivity contribution in [3.05, 3.63) is 0 Å². The third-order valence-electron chi connectivity index (χ3n) is 2.82. The van der Waals surface area contributed by atoms with Crippen LogP contribution in [0.2, 0.25) is 0 Å². The minimum atomic E-state index is -1.91. The van der Waals surface area contributed by atoms with E-state index < -0.39 is 88.8 Å². The van der Waals surface area contributed by atoms with Crippen LogP contribution >= 0.6 is 0 Å². The van der Waals surface area contributed by atoms with Gasteiger partial charge in [0.2, 0.25) is 0 Å². The lowest BCUT2D eigenvalue weighted by Crippen LogP contribution is -2.62. The first kappa shape index (κ1) is 14.2. The van der Waals surface area contributed by atoms with Gasteiger partial charge in [0.05, 0.1) is 0 Å². The van der Waals surface area contributed by atoms with Crippen LogP contribution in [0.1, 0.15) is 33.1 Å². The number of hydrogen-bond donors (Lipinski definition) is 1. The van der Waals surface area contributed by atoms with E-state index in [-0.39, 0.29) is 0 Å². The summed E-state index contributed by atoms with van der Waals surface area (Å²) in [5, 5.41) is 10.1. The van der Waals surface area contributed by atoms with Crippen molar-refractivity contribution < 1.29 is 53.5 Å². The van der Waals surface area contributed by atoms with E-state index in [2.05, 4.69) is 0 Å². The Labute approximate surface area is 143 Å². The molecule has 5 atom stereocenters. The molecule has 0 bridgehead atoms. The van der Waals surface area contributed by atoms with Gasteiger partial charge in [-0.05, 0) is 0 Å². The molecule has 0 saturated carbocycles. The SMILES string of the molecule is [2H]CC(=O)OC[C@H]1OC(O)[C@H](OC(=O)C[2H])[C@@H](OC(=O)C[2H])[C@H]1OC(=O)C[2H]. The minimum absolute atomic E-state index is 0.612. The van der Waals surface area contributed by atoms with Gasteiger partial charge >= 0.3 is 23.9 Å². The summed E-state index contributed by atoms with van der Waals surface area (Å²) in [6, 6.07) is 0. The van der Waals surface area contributed by atoms with Crippen molar-refractivity contribution in [3.63, 3.8) is 0 Å². The number of aliphatic hydroxyl groups is 1. The molecule has 10 heteroatoms. The van der Waals surface area contributed by atoms with Crippen molar-refractivity contribution in [2.24, 2.45) is 0 Å². The molecular weight excluding hydrogens is 328 g/mol. The lowest BCUT2D eigenvalue weighted by Gasteiger charge is -2.42. The maximum absolute atomic E-state index is 11.6. The summed E-state index contributed by atoms with van der Waals surface area (Å²) in [4.78, 5) is 45.9. The summed E-state index contributed by atoms with van der Waals surface area (Å²) in [5.41, 5.74) is 0. The average Bonchev–Trinajstić information content (AvgIpc) is 2.69. The van der Waals surface area contributed by atoms with Gasteiger partial charge in [-0.25, -0.2) is 0 Å². The molecule has 1 heterocycles.